The number of pyridine rings is 1. The number of hydrogen-bond acceptors (Lipinski definition) is 3. The van der Waals surface area contributed by atoms with Gasteiger partial charge >= 0.3 is 0 Å². The second-order valence-corrected chi connectivity index (χ2v) is 2.64. The maximum atomic E-state index is 9.56. The zero-order valence-corrected chi connectivity index (χ0v) is 6.31. The summed E-state index contributed by atoms with van der Waals surface area (Å²) in [6.45, 7) is 0. The van der Waals surface area contributed by atoms with Crippen molar-refractivity contribution in [2.24, 2.45) is 0 Å². The second-order valence-electron chi connectivity index (χ2n) is 2.64. The minimum absolute atomic E-state index is 0.488. The highest BCUT2D eigenvalue weighted by Crippen LogP contribution is 2.25. The van der Waals surface area contributed by atoms with Gasteiger partial charge in [-0.15, -0.1) is 0 Å². The van der Waals surface area contributed by atoms with Crippen LogP contribution in [-0.2, 0) is 0 Å². The van der Waals surface area contributed by atoms with Gasteiger partial charge in [0, 0.05) is 11.8 Å². The molecule has 0 unspecified atom stereocenters. The molecule has 0 aromatic carbocycles. The van der Waals surface area contributed by atoms with E-state index in [9.17, 15) is 10.2 Å². The van der Waals surface area contributed by atoms with Crippen molar-refractivity contribution in [1.82, 2.24) is 4.98 Å². The summed E-state index contributed by atoms with van der Waals surface area (Å²) in [4.78, 5) is 3.99. The predicted molar refractivity (Wildman–Crippen MR) is 44.2 cm³/mol. The van der Waals surface area contributed by atoms with E-state index in [0.29, 0.717) is 11.3 Å². The van der Waals surface area contributed by atoms with Gasteiger partial charge in [-0.05, 0) is 12.1 Å². The van der Waals surface area contributed by atoms with Gasteiger partial charge in [0.2, 0.25) is 0 Å². The molecule has 2 atom stereocenters. The van der Waals surface area contributed by atoms with Crippen LogP contribution in [0.15, 0.2) is 24.4 Å². The summed E-state index contributed by atoms with van der Waals surface area (Å²) in [5, 5.41) is 19.0. The molecule has 0 radical (unpaired) electrons. The number of hydrogen-bond donors (Lipinski definition) is 2. The molecular formula is C9H9NO2. The van der Waals surface area contributed by atoms with Crippen molar-refractivity contribution in [3.63, 3.8) is 0 Å². The van der Waals surface area contributed by atoms with Crippen LogP contribution in [-0.4, -0.2) is 21.3 Å². The molecule has 3 nitrogen and oxygen atoms in total. The monoisotopic (exact) mass is 164 g/mol. The molecule has 0 aliphatic heterocycles. The largest absolute Gasteiger partial charge is 0.386 e. The quantitative estimate of drug-likeness (QED) is 0.587. The lowest BCUT2D eigenvalue weighted by atomic mass is 9.97. The molecule has 0 fully saturated rings. The minimum atomic E-state index is -1.93. The van der Waals surface area contributed by atoms with E-state index < -0.39 is 12.2 Å². The Balaban J connectivity index is 2.55. The summed E-state index contributed by atoms with van der Waals surface area (Å²) in [5.41, 5.74) is 1.09. The summed E-state index contributed by atoms with van der Waals surface area (Å²) < 4.78 is 7.35. The highest BCUT2D eigenvalue weighted by molar-refractivity contribution is 5.54. The first kappa shape index (κ1) is 6.34. The van der Waals surface area contributed by atoms with Crippen molar-refractivity contribution in [2.45, 2.75) is 12.2 Å². The van der Waals surface area contributed by atoms with E-state index in [1.54, 1.807) is 18.3 Å². The average Bonchev–Trinajstić information content (AvgIpc) is 2.13. The van der Waals surface area contributed by atoms with E-state index in [4.69, 9.17) is 1.37 Å². The van der Waals surface area contributed by atoms with Gasteiger partial charge in [0.05, 0.1) is 7.06 Å². The number of aromatic nitrogens is 1. The molecule has 0 bridgehead atoms. The van der Waals surface area contributed by atoms with Crippen molar-refractivity contribution < 1.29 is 11.6 Å². The molecule has 3 heteroatoms. The van der Waals surface area contributed by atoms with Gasteiger partial charge in [0.25, 0.3) is 0 Å². The average molecular weight is 164 g/mol. The Labute approximate surface area is 71.4 Å². The van der Waals surface area contributed by atoms with Gasteiger partial charge in [-0.25, -0.2) is 0 Å². The molecule has 62 valence electrons. The summed E-state index contributed by atoms with van der Waals surface area (Å²) >= 11 is 0. The Bertz CT molecular complexity index is 362. The van der Waals surface area contributed by atoms with Crippen molar-refractivity contribution in [3.8, 4) is 0 Å². The van der Waals surface area contributed by atoms with Gasteiger partial charge < -0.3 is 10.2 Å². The fraction of sp³-hybridized carbons (Fsp3) is 0.222. The first-order valence-corrected chi connectivity index (χ1v) is 3.66. The third-order valence-corrected chi connectivity index (χ3v) is 1.86. The van der Waals surface area contributed by atoms with Crippen LogP contribution in [0.5, 0.6) is 0 Å². The zero-order valence-electron chi connectivity index (χ0n) is 7.31. The molecule has 0 spiro atoms. The molecule has 2 N–H and O–H groups in total. The number of nitrogens with zero attached hydrogens (tertiary/aromatic N) is 1. The minimum Gasteiger partial charge on any atom is -0.386 e. The number of rotatable bonds is 0. The Hall–Kier alpha value is -1.19. The first-order valence-electron chi connectivity index (χ1n) is 4.16. The summed E-state index contributed by atoms with van der Waals surface area (Å²) in [6.07, 6.45) is 1.21. The fourth-order valence-electron chi connectivity index (χ4n) is 1.22. The van der Waals surface area contributed by atoms with Crippen LogP contribution < -0.4 is 0 Å². The molecule has 0 saturated heterocycles. The molecular weight excluding hydrogens is 154 g/mol. The van der Waals surface area contributed by atoms with Crippen LogP contribution in [0.1, 0.15) is 18.7 Å². The maximum Gasteiger partial charge on any atom is 0.111 e. The lowest BCUT2D eigenvalue weighted by molar-refractivity contribution is 0.0467. The third-order valence-electron chi connectivity index (χ3n) is 1.86. The van der Waals surface area contributed by atoms with Crippen molar-refractivity contribution in [2.75, 3.05) is 0 Å². The van der Waals surface area contributed by atoms with Crippen LogP contribution >= 0.6 is 0 Å². The van der Waals surface area contributed by atoms with Crippen molar-refractivity contribution in [1.29, 1.82) is 0 Å². The summed E-state index contributed by atoms with van der Waals surface area (Å²) in [6, 6.07) is 3.31. The molecule has 2 rings (SSSR count). The van der Waals surface area contributed by atoms with E-state index >= 15 is 0 Å². The van der Waals surface area contributed by atoms with Crippen LogP contribution in [0.2, 0.25) is 0 Å². The molecule has 12 heavy (non-hydrogen) atoms. The van der Waals surface area contributed by atoms with E-state index in [2.05, 4.69) is 4.98 Å². The molecule has 1 aromatic heterocycles. The lowest BCUT2D eigenvalue weighted by Crippen LogP contribution is -2.19. The van der Waals surface area contributed by atoms with E-state index in [-0.39, 0.29) is 0 Å². The predicted octanol–water partition coefficient (Wildman–Crippen LogP) is 0.503. The number of fused-ring (bicyclic) bond motifs is 1. The Morgan fingerprint density at radius 1 is 1.50 bits per heavy atom. The smallest absolute Gasteiger partial charge is 0.111 e. The first-order chi connectivity index (χ1) is 6.11. The van der Waals surface area contributed by atoms with E-state index in [1.807, 2.05) is 0 Å². The van der Waals surface area contributed by atoms with Gasteiger partial charge in [0.1, 0.15) is 12.2 Å². The zero-order chi connectivity index (χ0) is 9.47. The van der Waals surface area contributed by atoms with Crippen LogP contribution in [0.4, 0.5) is 0 Å². The highest BCUT2D eigenvalue weighted by atomic mass is 16.3. The fourth-order valence-corrected chi connectivity index (χ4v) is 1.22. The van der Waals surface area contributed by atoms with Crippen LogP contribution in [0.25, 0.3) is 6.08 Å². The van der Waals surface area contributed by atoms with Gasteiger partial charge in [0.15, 0.2) is 0 Å². The Morgan fingerprint density at radius 3 is 3.17 bits per heavy atom. The molecule has 0 amide bonds. The molecule has 1 heterocycles. The standard InChI is InChI=1S/C9H9NO2/c11-8-4-3-7-6(9(8)12)2-1-5-10-7/h1-5,8-9,11-12H/t8-,9-/m0/s1/i8D. The van der Waals surface area contributed by atoms with Crippen molar-refractivity contribution >= 4 is 6.08 Å². The molecule has 0 saturated carbocycles. The second kappa shape index (κ2) is 2.69. The molecule has 1 aliphatic carbocycles. The van der Waals surface area contributed by atoms with Gasteiger partial charge in [-0.2, -0.15) is 0 Å². The maximum absolute atomic E-state index is 9.56. The lowest BCUT2D eigenvalue weighted by Gasteiger charge is -2.20. The summed E-state index contributed by atoms with van der Waals surface area (Å²) in [7, 11) is 0. The number of aliphatic hydroxyl groups excluding tert-OH is 1. The highest BCUT2D eigenvalue weighted by Gasteiger charge is 2.21. The Morgan fingerprint density at radius 2 is 2.33 bits per heavy atom. The topological polar surface area (TPSA) is 53.4 Å². The molecule has 1 aliphatic rings. The van der Waals surface area contributed by atoms with Crippen LogP contribution in [0, 0.1) is 0 Å². The number of aliphatic hydroxyl groups is 2. The SMILES string of the molecule is [2H][C@]1(O)C=Cc2ncccc2[C@@H]1O. The van der Waals surface area contributed by atoms with E-state index in [1.165, 1.54) is 12.2 Å². The van der Waals surface area contributed by atoms with Gasteiger partial charge in [-0.1, -0.05) is 12.1 Å². The molecule has 1 aromatic rings. The summed E-state index contributed by atoms with van der Waals surface area (Å²) in [5.74, 6) is 0. The van der Waals surface area contributed by atoms with Gasteiger partial charge in [-0.3, -0.25) is 4.98 Å². The normalized spacial score (nSPS) is 34.2. The Kier molecular flexibility index (Phi) is 1.42. The van der Waals surface area contributed by atoms with Crippen molar-refractivity contribution in [3.05, 3.63) is 35.7 Å². The van der Waals surface area contributed by atoms with Crippen LogP contribution in [0.3, 0.4) is 0 Å². The van der Waals surface area contributed by atoms with E-state index in [0.717, 1.165) is 0 Å². The third kappa shape index (κ3) is 1.03.